The summed E-state index contributed by atoms with van der Waals surface area (Å²) in [7, 11) is 1.46. The standard InChI is InChI=1S/C19H18BrNO6/c1-3-26-19(22)16(21(23)24)9-14-10-17(25-2)18(11-15(14)20)27-12-13-7-5-4-6-8-13/h4-11H,3,12H2,1-2H3/b16-9+. The van der Waals surface area contributed by atoms with E-state index in [0.717, 1.165) is 11.6 Å². The lowest BCUT2D eigenvalue weighted by Gasteiger charge is -2.13. The van der Waals surface area contributed by atoms with Crippen molar-refractivity contribution in [1.82, 2.24) is 0 Å². The van der Waals surface area contributed by atoms with Crippen LogP contribution in [0.4, 0.5) is 0 Å². The van der Waals surface area contributed by atoms with Gasteiger partial charge in [0.15, 0.2) is 11.5 Å². The summed E-state index contributed by atoms with van der Waals surface area (Å²) < 4.78 is 16.3. The normalized spacial score (nSPS) is 11.0. The van der Waals surface area contributed by atoms with E-state index in [2.05, 4.69) is 15.9 Å². The van der Waals surface area contributed by atoms with E-state index in [1.54, 1.807) is 19.1 Å². The Bertz CT molecular complexity index is 851. The van der Waals surface area contributed by atoms with Gasteiger partial charge in [0.2, 0.25) is 0 Å². The molecule has 0 N–H and O–H groups in total. The predicted octanol–water partition coefficient (Wildman–Crippen LogP) is 4.22. The minimum Gasteiger partial charge on any atom is -0.493 e. The number of nitrogens with zero attached hydrogens (tertiary/aromatic N) is 1. The number of esters is 1. The third kappa shape index (κ3) is 5.55. The van der Waals surface area contributed by atoms with Crippen LogP contribution in [-0.2, 0) is 16.1 Å². The van der Waals surface area contributed by atoms with Crippen LogP contribution < -0.4 is 9.47 Å². The molecule has 0 bridgehead atoms. The Balaban J connectivity index is 2.32. The molecule has 0 saturated heterocycles. The minimum absolute atomic E-state index is 0.0424. The highest BCUT2D eigenvalue weighted by Crippen LogP contribution is 2.35. The molecular weight excluding hydrogens is 418 g/mol. The zero-order valence-corrected chi connectivity index (χ0v) is 16.4. The highest BCUT2D eigenvalue weighted by Gasteiger charge is 2.24. The Morgan fingerprint density at radius 1 is 1.22 bits per heavy atom. The van der Waals surface area contributed by atoms with Gasteiger partial charge in [-0.15, -0.1) is 0 Å². The van der Waals surface area contributed by atoms with E-state index in [1.807, 2.05) is 30.3 Å². The maximum absolute atomic E-state index is 11.8. The summed E-state index contributed by atoms with van der Waals surface area (Å²) in [5.74, 6) is -0.158. The van der Waals surface area contributed by atoms with E-state index >= 15 is 0 Å². The number of ether oxygens (including phenoxy) is 3. The van der Waals surface area contributed by atoms with Gasteiger partial charge in [-0.2, -0.15) is 0 Å². The summed E-state index contributed by atoms with van der Waals surface area (Å²) in [6.07, 6.45) is 1.13. The molecule has 0 unspecified atom stereocenters. The maximum atomic E-state index is 11.8. The average Bonchev–Trinajstić information content (AvgIpc) is 2.66. The molecule has 7 nitrogen and oxygen atoms in total. The lowest BCUT2D eigenvalue weighted by molar-refractivity contribution is -0.419. The van der Waals surface area contributed by atoms with E-state index in [1.165, 1.54) is 7.11 Å². The fourth-order valence-corrected chi connectivity index (χ4v) is 2.64. The first-order chi connectivity index (χ1) is 13.0. The molecule has 2 rings (SSSR count). The largest absolute Gasteiger partial charge is 0.493 e. The van der Waals surface area contributed by atoms with Crippen LogP contribution in [0, 0.1) is 10.1 Å². The molecular formula is C19H18BrNO6. The molecule has 2 aromatic rings. The highest BCUT2D eigenvalue weighted by atomic mass is 79.9. The molecule has 0 spiro atoms. The fourth-order valence-electron chi connectivity index (χ4n) is 2.21. The number of hydrogen-bond acceptors (Lipinski definition) is 6. The van der Waals surface area contributed by atoms with Gasteiger partial charge in [-0.05, 0) is 30.2 Å². The van der Waals surface area contributed by atoms with Crippen LogP contribution in [0.2, 0.25) is 0 Å². The third-order valence-electron chi connectivity index (χ3n) is 3.49. The van der Waals surface area contributed by atoms with Crippen molar-refractivity contribution in [3.05, 3.63) is 73.9 Å². The zero-order valence-electron chi connectivity index (χ0n) is 14.8. The molecule has 0 atom stereocenters. The monoisotopic (exact) mass is 435 g/mol. The Labute approximate surface area is 164 Å². The SMILES string of the molecule is CCOC(=O)/C(=C\c1cc(OC)c(OCc2ccccc2)cc1Br)[N+](=O)[O-]. The zero-order chi connectivity index (χ0) is 19.8. The number of benzene rings is 2. The molecule has 0 saturated carbocycles. The Hall–Kier alpha value is -2.87. The van der Waals surface area contributed by atoms with Crippen LogP contribution in [0.25, 0.3) is 6.08 Å². The van der Waals surface area contributed by atoms with Crippen LogP contribution in [0.1, 0.15) is 18.1 Å². The van der Waals surface area contributed by atoms with Crippen molar-refractivity contribution in [2.24, 2.45) is 0 Å². The van der Waals surface area contributed by atoms with E-state index < -0.39 is 16.6 Å². The van der Waals surface area contributed by atoms with Gasteiger partial charge >= 0.3 is 11.7 Å². The molecule has 142 valence electrons. The number of carbonyl (C=O) groups is 1. The number of carbonyl (C=O) groups excluding carboxylic acids is 1. The Kier molecular flexibility index (Phi) is 7.36. The van der Waals surface area contributed by atoms with Crippen molar-refractivity contribution in [3.63, 3.8) is 0 Å². The van der Waals surface area contributed by atoms with Gasteiger partial charge in [-0.25, -0.2) is 4.79 Å². The molecule has 8 heteroatoms. The first kappa shape index (κ1) is 20.4. The van der Waals surface area contributed by atoms with Gasteiger partial charge < -0.3 is 14.2 Å². The minimum atomic E-state index is -1.00. The first-order valence-corrected chi connectivity index (χ1v) is 8.83. The second kappa shape index (κ2) is 9.72. The van der Waals surface area contributed by atoms with E-state index in [0.29, 0.717) is 28.1 Å². The average molecular weight is 436 g/mol. The van der Waals surface area contributed by atoms with Crippen LogP contribution >= 0.6 is 15.9 Å². The summed E-state index contributed by atoms with van der Waals surface area (Å²) in [5.41, 5.74) is 0.703. The van der Waals surface area contributed by atoms with Gasteiger partial charge in [0.05, 0.1) is 18.6 Å². The molecule has 0 amide bonds. The summed E-state index contributed by atoms with van der Waals surface area (Å²) in [5, 5.41) is 11.2. The predicted molar refractivity (Wildman–Crippen MR) is 103 cm³/mol. The molecule has 27 heavy (non-hydrogen) atoms. The van der Waals surface area contributed by atoms with Gasteiger partial charge in [0.1, 0.15) is 6.61 Å². The molecule has 0 aliphatic carbocycles. The molecule has 0 aromatic heterocycles. The highest BCUT2D eigenvalue weighted by molar-refractivity contribution is 9.10. The number of methoxy groups -OCH3 is 1. The number of nitro groups is 1. The lowest BCUT2D eigenvalue weighted by Crippen LogP contribution is -2.14. The van der Waals surface area contributed by atoms with Crippen molar-refractivity contribution in [2.45, 2.75) is 13.5 Å². The topological polar surface area (TPSA) is 87.9 Å². The summed E-state index contributed by atoms with van der Waals surface area (Å²) in [4.78, 5) is 22.2. The van der Waals surface area contributed by atoms with Gasteiger partial charge in [-0.1, -0.05) is 46.3 Å². The van der Waals surface area contributed by atoms with Gasteiger partial charge in [0, 0.05) is 10.5 Å². The second-order valence-electron chi connectivity index (χ2n) is 5.31. The summed E-state index contributed by atoms with van der Waals surface area (Å²) in [6, 6.07) is 12.8. The summed E-state index contributed by atoms with van der Waals surface area (Å²) in [6.45, 7) is 1.95. The quantitative estimate of drug-likeness (QED) is 0.267. The molecule has 2 aromatic carbocycles. The Morgan fingerprint density at radius 2 is 1.93 bits per heavy atom. The molecule has 0 aliphatic rings. The third-order valence-corrected chi connectivity index (χ3v) is 4.18. The smallest absolute Gasteiger partial charge is 0.409 e. The first-order valence-electron chi connectivity index (χ1n) is 8.03. The van der Waals surface area contributed by atoms with Crippen molar-refractivity contribution in [3.8, 4) is 11.5 Å². The van der Waals surface area contributed by atoms with Crippen LogP contribution in [-0.4, -0.2) is 24.6 Å². The van der Waals surface area contributed by atoms with Crippen LogP contribution in [0.15, 0.2) is 52.6 Å². The van der Waals surface area contributed by atoms with Gasteiger partial charge in [0.25, 0.3) is 0 Å². The number of rotatable bonds is 8. The van der Waals surface area contributed by atoms with Crippen LogP contribution in [0.5, 0.6) is 11.5 Å². The van der Waals surface area contributed by atoms with E-state index in [4.69, 9.17) is 14.2 Å². The van der Waals surface area contributed by atoms with Crippen molar-refractivity contribution in [2.75, 3.05) is 13.7 Å². The maximum Gasteiger partial charge on any atom is 0.409 e. The van der Waals surface area contributed by atoms with Gasteiger partial charge in [-0.3, -0.25) is 10.1 Å². The van der Waals surface area contributed by atoms with E-state index in [-0.39, 0.29) is 6.61 Å². The molecule has 0 heterocycles. The van der Waals surface area contributed by atoms with Crippen LogP contribution in [0.3, 0.4) is 0 Å². The number of hydrogen-bond donors (Lipinski definition) is 0. The molecule has 0 radical (unpaired) electrons. The van der Waals surface area contributed by atoms with Crippen molar-refractivity contribution >= 4 is 28.0 Å². The Morgan fingerprint density at radius 3 is 2.52 bits per heavy atom. The fraction of sp³-hybridized carbons (Fsp3) is 0.211. The summed E-state index contributed by atoms with van der Waals surface area (Å²) >= 11 is 3.35. The molecule has 0 fully saturated rings. The van der Waals surface area contributed by atoms with Crippen molar-refractivity contribution < 1.29 is 23.9 Å². The second-order valence-corrected chi connectivity index (χ2v) is 6.16. The van der Waals surface area contributed by atoms with Crippen molar-refractivity contribution in [1.29, 1.82) is 0 Å². The molecule has 0 aliphatic heterocycles. The number of halogens is 1. The lowest BCUT2D eigenvalue weighted by atomic mass is 10.1. The van der Waals surface area contributed by atoms with E-state index in [9.17, 15) is 14.9 Å².